The summed E-state index contributed by atoms with van der Waals surface area (Å²) in [6, 6.07) is 12.7. The average molecular weight is 969 g/mol. The van der Waals surface area contributed by atoms with Crippen LogP contribution in [0.25, 0.3) is 0 Å². The van der Waals surface area contributed by atoms with Crippen LogP contribution < -0.4 is 10.6 Å². The third-order valence-electron chi connectivity index (χ3n) is 10.5. The van der Waals surface area contributed by atoms with Gasteiger partial charge in [-0.25, -0.2) is 35.2 Å². The molecule has 16 nitrogen and oxygen atoms in total. The lowest BCUT2D eigenvalue weighted by molar-refractivity contribution is -0.135. The number of carbonyl (C=O) groups excluding carboxylic acids is 2. The molecule has 62 heavy (non-hydrogen) atoms. The van der Waals surface area contributed by atoms with Crippen molar-refractivity contribution < 1.29 is 54.6 Å². The van der Waals surface area contributed by atoms with Crippen LogP contribution in [0, 0.1) is 11.8 Å². The molecule has 0 saturated heterocycles. The molecule has 336 valence electrons. The van der Waals surface area contributed by atoms with Gasteiger partial charge in [0.1, 0.15) is 4.21 Å². The van der Waals surface area contributed by atoms with Crippen molar-refractivity contribution in [2.45, 2.75) is 94.3 Å². The number of benzene rings is 2. The molecule has 0 bridgehead atoms. The summed E-state index contributed by atoms with van der Waals surface area (Å²) in [5.41, 5.74) is 1.45. The fourth-order valence-corrected chi connectivity index (χ4v) is 12.5. The fraction of sp³-hybridized carbons (Fsp3) is 0.450. The number of amides is 2. The molecule has 6 rings (SSSR count). The van der Waals surface area contributed by atoms with E-state index in [1.165, 1.54) is 36.3 Å². The lowest BCUT2D eigenvalue weighted by Gasteiger charge is -2.20. The van der Waals surface area contributed by atoms with Crippen molar-refractivity contribution in [3.8, 4) is 0 Å². The Balaban J connectivity index is 0.000000235. The van der Waals surface area contributed by atoms with Crippen LogP contribution in [0.5, 0.6) is 0 Å². The lowest BCUT2D eigenvalue weighted by Crippen LogP contribution is -2.23. The van der Waals surface area contributed by atoms with Crippen LogP contribution in [0.3, 0.4) is 0 Å². The number of carboxylic acids is 2. The minimum atomic E-state index is -4.04. The molecule has 1 unspecified atom stereocenters. The van der Waals surface area contributed by atoms with E-state index in [0.717, 1.165) is 78.8 Å². The van der Waals surface area contributed by atoms with E-state index < -0.39 is 59.0 Å². The standard InChI is InChI=1S/C20H24N2O7S3.C20H24N2O5S3/c1-31(26,27)15-8-6-14(7-9-15)16(10-13-4-2-3-5-13)19(25)22-20-21-11-18(30-20)32(28,29)12-17(23)24;1-30(26,27)15-8-6-14(7-9-15)16(10-13-4-2-3-5-13)19(25)22-20-21-11-18(29-20)28-12-17(23)24/h6-9,11,13,16H,2-5,10,12H2,1H3,(H,23,24)(H,21,22,25);6-9,11,13,16H,2-5,10,12H2,1H3,(H,23,24)(H,21,22,25)/t;16-/m.1/s1. The minimum Gasteiger partial charge on any atom is -0.481 e. The molecular formula is C40H48N4O12S6. The highest BCUT2D eigenvalue weighted by Gasteiger charge is 2.30. The molecule has 4 N–H and O–H groups in total. The average Bonchev–Trinajstić information content (AvgIpc) is 4.04. The Morgan fingerprint density at radius 2 is 1.08 bits per heavy atom. The highest BCUT2D eigenvalue weighted by atomic mass is 32.2. The Labute approximate surface area is 373 Å². The Bertz CT molecular complexity index is 2550. The quantitative estimate of drug-likeness (QED) is 0.0753. The summed E-state index contributed by atoms with van der Waals surface area (Å²) in [5, 5.41) is 23.5. The van der Waals surface area contributed by atoms with E-state index in [2.05, 4.69) is 20.6 Å². The van der Waals surface area contributed by atoms with Crippen LogP contribution in [0.1, 0.15) is 87.2 Å². The molecule has 22 heteroatoms. The molecule has 2 aliphatic rings. The zero-order valence-corrected chi connectivity index (χ0v) is 38.8. The van der Waals surface area contributed by atoms with Gasteiger partial charge in [-0.1, -0.05) is 98.3 Å². The SMILES string of the molecule is CS(=O)(=O)c1ccc(C(CC2CCCC2)C(=O)Nc2ncc(S(=O)(=O)CC(=O)O)s2)cc1.CS(=O)(=O)c1ccc([C@@H](CC2CCCC2)C(=O)Nc2ncc(SCC(=O)O)s2)cc1. The Morgan fingerprint density at radius 3 is 1.48 bits per heavy atom. The predicted molar refractivity (Wildman–Crippen MR) is 237 cm³/mol. The number of carbonyl (C=O) groups is 4. The maximum atomic E-state index is 13.1. The van der Waals surface area contributed by atoms with Gasteiger partial charge in [0.05, 0.1) is 44.0 Å². The molecular weight excluding hydrogens is 921 g/mol. The van der Waals surface area contributed by atoms with Gasteiger partial charge in [-0.2, -0.15) is 0 Å². The summed E-state index contributed by atoms with van der Waals surface area (Å²) in [4.78, 5) is 56.2. The topological polar surface area (TPSA) is 261 Å². The van der Waals surface area contributed by atoms with E-state index in [1.807, 2.05) is 0 Å². The first-order valence-electron chi connectivity index (χ1n) is 19.6. The van der Waals surface area contributed by atoms with Crippen molar-refractivity contribution >= 4 is 98.0 Å². The number of thiazole rings is 2. The van der Waals surface area contributed by atoms with Gasteiger partial charge >= 0.3 is 11.9 Å². The molecule has 0 spiro atoms. The predicted octanol–water partition coefficient (Wildman–Crippen LogP) is 6.73. The van der Waals surface area contributed by atoms with Crippen LogP contribution in [0.15, 0.2) is 79.1 Å². The van der Waals surface area contributed by atoms with E-state index in [0.29, 0.717) is 46.7 Å². The number of carboxylic acid groups (broad SMARTS) is 2. The van der Waals surface area contributed by atoms with Crippen molar-refractivity contribution in [1.29, 1.82) is 0 Å². The molecule has 2 atom stereocenters. The van der Waals surface area contributed by atoms with E-state index in [-0.39, 0.29) is 36.7 Å². The zero-order chi connectivity index (χ0) is 45.2. The molecule has 2 heterocycles. The number of hydrogen-bond acceptors (Lipinski definition) is 15. The van der Waals surface area contributed by atoms with Crippen molar-refractivity contribution in [3.63, 3.8) is 0 Å². The maximum absolute atomic E-state index is 13.1. The first-order chi connectivity index (χ1) is 29.2. The smallest absolute Gasteiger partial charge is 0.319 e. The van der Waals surface area contributed by atoms with Crippen LogP contribution in [-0.2, 0) is 48.7 Å². The number of rotatable bonds is 18. The van der Waals surface area contributed by atoms with E-state index in [4.69, 9.17) is 10.2 Å². The number of thioether (sulfide) groups is 1. The second kappa shape index (κ2) is 21.4. The van der Waals surface area contributed by atoms with Crippen LogP contribution in [0.4, 0.5) is 10.3 Å². The van der Waals surface area contributed by atoms with Crippen molar-refractivity contribution in [1.82, 2.24) is 9.97 Å². The second-order valence-electron chi connectivity index (χ2n) is 15.3. The Kier molecular flexibility index (Phi) is 16.9. The fourth-order valence-electron chi connectivity index (χ4n) is 7.44. The molecule has 4 aromatic rings. The molecule has 0 radical (unpaired) electrons. The van der Waals surface area contributed by atoms with Gasteiger partial charge < -0.3 is 20.8 Å². The summed E-state index contributed by atoms with van der Waals surface area (Å²) >= 11 is 3.10. The molecule has 2 aromatic carbocycles. The summed E-state index contributed by atoms with van der Waals surface area (Å²) < 4.78 is 71.6. The second-order valence-corrected chi connectivity index (χ2v) is 24.9. The van der Waals surface area contributed by atoms with Crippen molar-refractivity contribution in [2.24, 2.45) is 11.8 Å². The van der Waals surface area contributed by atoms with Gasteiger partial charge in [-0.05, 0) is 60.1 Å². The van der Waals surface area contributed by atoms with Gasteiger partial charge in [0.2, 0.25) is 11.8 Å². The summed E-state index contributed by atoms with van der Waals surface area (Å²) in [6.07, 6.45) is 14.9. The number of nitrogens with zero attached hydrogens (tertiary/aromatic N) is 2. The van der Waals surface area contributed by atoms with Crippen molar-refractivity contribution in [2.75, 3.05) is 34.7 Å². The zero-order valence-electron chi connectivity index (χ0n) is 33.9. The largest absolute Gasteiger partial charge is 0.481 e. The molecule has 2 aliphatic carbocycles. The highest BCUT2D eigenvalue weighted by Crippen LogP contribution is 2.38. The first-order valence-corrected chi connectivity index (χ1v) is 27.7. The first kappa shape index (κ1) is 48.8. The molecule has 2 amide bonds. The molecule has 0 aliphatic heterocycles. The molecule has 2 aromatic heterocycles. The molecule has 2 fully saturated rings. The van der Waals surface area contributed by atoms with Crippen molar-refractivity contribution in [3.05, 3.63) is 72.1 Å². The number of aliphatic carboxylic acids is 2. The lowest BCUT2D eigenvalue weighted by atomic mass is 9.87. The highest BCUT2D eigenvalue weighted by molar-refractivity contribution is 8.01. The number of hydrogen-bond donors (Lipinski definition) is 4. The van der Waals surface area contributed by atoms with Gasteiger partial charge in [-0.3, -0.25) is 19.2 Å². The summed E-state index contributed by atoms with van der Waals surface area (Å²) in [6.45, 7) is 0. The van der Waals surface area contributed by atoms with E-state index in [9.17, 15) is 44.4 Å². The van der Waals surface area contributed by atoms with Crippen LogP contribution in [-0.4, -0.2) is 93.2 Å². The number of nitrogens with one attached hydrogen (secondary N) is 2. The van der Waals surface area contributed by atoms with Crippen LogP contribution in [0.2, 0.25) is 0 Å². The Morgan fingerprint density at radius 1 is 0.661 bits per heavy atom. The van der Waals surface area contributed by atoms with Gasteiger partial charge in [0.15, 0.2) is 45.5 Å². The minimum absolute atomic E-state index is 0.0585. The molecule has 2 saturated carbocycles. The Hall–Kier alpha value is -4.22. The number of aromatic nitrogens is 2. The summed E-state index contributed by atoms with van der Waals surface area (Å²) in [7, 11) is -10.7. The van der Waals surface area contributed by atoms with Gasteiger partial charge in [0, 0.05) is 12.5 Å². The van der Waals surface area contributed by atoms with Crippen LogP contribution >= 0.6 is 34.4 Å². The summed E-state index contributed by atoms with van der Waals surface area (Å²) in [5.74, 6) is -4.19. The monoisotopic (exact) mass is 968 g/mol. The van der Waals surface area contributed by atoms with E-state index >= 15 is 0 Å². The van der Waals surface area contributed by atoms with E-state index in [1.54, 1.807) is 42.6 Å². The third-order valence-corrected chi connectivity index (χ3v) is 17.9. The van der Waals surface area contributed by atoms with Gasteiger partial charge in [-0.15, -0.1) is 11.8 Å². The van der Waals surface area contributed by atoms with Gasteiger partial charge in [0.25, 0.3) is 0 Å². The number of sulfone groups is 3. The number of anilines is 2. The third kappa shape index (κ3) is 14.4. The normalized spacial score (nSPS) is 15.9. The maximum Gasteiger partial charge on any atom is 0.319 e.